The highest BCUT2D eigenvalue weighted by Gasteiger charge is 2.42. The van der Waals surface area contributed by atoms with E-state index in [9.17, 15) is 8.42 Å². The number of nitrogens with zero attached hydrogens (tertiary/aromatic N) is 2. The molecule has 0 unspecified atom stereocenters. The Balaban J connectivity index is 1.81. The third kappa shape index (κ3) is 4.41. The van der Waals surface area contributed by atoms with Crippen molar-refractivity contribution in [3.05, 3.63) is 74.9 Å². The Morgan fingerprint density at radius 3 is 2.39 bits per heavy atom. The Labute approximate surface area is 200 Å². The molecule has 0 bridgehead atoms. The van der Waals surface area contributed by atoms with Gasteiger partial charge in [0.2, 0.25) is 10.0 Å². The molecule has 0 saturated carbocycles. The fraction of sp³-hybridized carbons (Fsp3) is 0.238. The predicted octanol–water partition coefficient (Wildman–Crippen LogP) is 4.18. The van der Waals surface area contributed by atoms with E-state index < -0.39 is 10.0 Å². The number of thiocarbonyl (C=S) groups is 1. The zero-order chi connectivity index (χ0) is 22.3. The lowest BCUT2D eigenvalue weighted by Crippen LogP contribution is -2.29. The van der Waals surface area contributed by atoms with Crippen molar-refractivity contribution in [3.63, 3.8) is 0 Å². The van der Waals surface area contributed by atoms with Crippen molar-refractivity contribution in [2.24, 2.45) is 0 Å². The summed E-state index contributed by atoms with van der Waals surface area (Å²) in [5.74, 6) is 0. The number of H-pyrrole nitrogens is 1. The number of aromatic nitrogens is 2. The van der Waals surface area contributed by atoms with Gasteiger partial charge in [0.25, 0.3) is 0 Å². The van der Waals surface area contributed by atoms with E-state index in [2.05, 4.69) is 61.3 Å². The summed E-state index contributed by atoms with van der Waals surface area (Å²) in [7, 11) is -3.34. The standard InChI is InChI=1S/C21H22IN5O2S2/c1-12-17(18(22)13(2)24-12)20-19(16-6-4-5-11-23-16)25-21(30)27(20)15-9-7-14(8-10-15)26-31(3,28)29/h4-11,19-20,24,26H,1-3H3,(H,25,30)/t19-,20-/m1/s1. The summed E-state index contributed by atoms with van der Waals surface area (Å²) in [6.07, 6.45) is 2.92. The highest BCUT2D eigenvalue weighted by atomic mass is 127. The minimum atomic E-state index is -3.34. The van der Waals surface area contributed by atoms with Gasteiger partial charge in [-0.3, -0.25) is 9.71 Å². The lowest BCUT2D eigenvalue weighted by Gasteiger charge is -2.28. The fourth-order valence-corrected chi connectivity index (χ4v) is 5.72. The van der Waals surface area contributed by atoms with Crippen LogP contribution in [0.5, 0.6) is 0 Å². The van der Waals surface area contributed by atoms with Crippen LogP contribution in [0.1, 0.15) is 34.7 Å². The molecule has 31 heavy (non-hydrogen) atoms. The number of sulfonamides is 1. The van der Waals surface area contributed by atoms with Crippen LogP contribution in [0.2, 0.25) is 0 Å². The second kappa shape index (κ2) is 8.40. The van der Waals surface area contributed by atoms with Gasteiger partial charge in [0.15, 0.2) is 5.11 Å². The molecule has 1 aromatic carbocycles. The second-order valence-corrected chi connectivity index (χ2v) is 10.7. The molecular formula is C21H22IN5O2S2. The molecule has 1 aliphatic rings. The first-order valence-electron chi connectivity index (χ1n) is 9.59. The summed E-state index contributed by atoms with van der Waals surface area (Å²) in [5.41, 5.74) is 5.64. The van der Waals surface area contributed by atoms with Gasteiger partial charge in [-0.1, -0.05) is 6.07 Å². The number of hydrogen-bond acceptors (Lipinski definition) is 4. The van der Waals surface area contributed by atoms with Crippen LogP contribution in [0.25, 0.3) is 0 Å². The molecule has 3 heterocycles. The number of halogens is 1. The number of pyridine rings is 1. The van der Waals surface area contributed by atoms with Gasteiger partial charge in [-0.25, -0.2) is 8.42 Å². The molecule has 0 aliphatic carbocycles. The minimum absolute atomic E-state index is 0.118. The summed E-state index contributed by atoms with van der Waals surface area (Å²) in [5, 5.41) is 4.05. The molecule has 7 nitrogen and oxygen atoms in total. The van der Waals surface area contributed by atoms with Gasteiger partial charge in [-0.2, -0.15) is 0 Å². The second-order valence-electron chi connectivity index (χ2n) is 7.52. The molecule has 1 fully saturated rings. The topological polar surface area (TPSA) is 90.1 Å². The van der Waals surface area contributed by atoms with Crippen molar-refractivity contribution in [1.29, 1.82) is 0 Å². The molecule has 162 valence electrons. The van der Waals surface area contributed by atoms with Crippen LogP contribution in [-0.2, 0) is 10.0 Å². The van der Waals surface area contributed by atoms with Crippen LogP contribution < -0.4 is 14.9 Å². The molecule has 0 spiro atoms. The normalized spacial score (nSPS) is 18.8. The fourth-order valence-electron chi connectivity index (χ4n) is 3.95. The molecular weight excluding hydrogens is 545 g/mol. The number of rotatable bonds is 5. The maximum Gasteiger partial charge on any atom is 0.229 e. The molecule has 3 aromatic rings. The summed E-state index contributed by atoms with van der Waals surface area (Å²) < 4.78 is 26.7. The molecule has 10 heteroatoms. The zero-order valence-corrected chi connectivity index (χ0v) is 21.0. The molecule has 2 atom stereocenters. The first-order valence-corrected chi connectivity index (χ1v) is 13.0. The first kappa shape index (κ1) is 22.0. The number of aromatic amines is 1. The summed E-state index contributed by atoms with van der Waals surface area (Å²) in [6.45, 7) is 4.13. The van der Waals surface area contributed by atoms with E-state index in [0.717, 1.165) is 32.6 Å². The predicted molar refractivity (Wildman–Crippen MR) is 136 cm³/mol. The molecule has 0 amide bonds. The minimum Gasteiger partial charge on any atom is -0.362 e. The van der Waals surface area contributed by atoms with Crippen LogP contribution in [0, 0.1) is 17.4 Å². The van der Waals surface area contributed by atoms with Crippen LogP contribution in [-0.4, -0.2) is 29.8 Å². The molecule has 4 rings (SSSR count). The number of hydrogen-bond donors (Lipinski definition) is 3. The van der Waals surface area contributed by atoms with Crippen molar-refractivity contribution in [3.8, 4) is 0 Å². The van der Waals surface area contributed by atoms with Crippen LogP contribution in [0.15, 0.2) is 48.7 Å². The monoisotopic (exact) mass is 567 g/mol. The number of benzene rings is 1. The molecule has 1 saturated heterocycles. The maximum atomic E-state index is 11.5. The molecule has 2 aromatic heterocycles. The Bertz CT molecular complexity index is 1230. The van der Waals surface area contributed by atoms with Gasteiger partial charge < -0.3 is 15.2 Å². The van der Waals surface area contributed by atoms with E-state index >= 15 is 0 Å². The van der Waals surface area contributed by atoms with Crippen LogP contribution in [0.4, 0.5) is 11.4 Å². The van der Waals surface area contributed by atoms with Crippen molar-refractivity contribution in [1.82, 2.24) is 15.3 Å². The van der Waals surface area contributed by atoms with Gasteiger partial charge >= 0.3 is 0 Å². The van der Waals surface area contributed by atoms with E-state index in [4.69, 9.17) is 12.2 Å². The molecule has 1 aliphatic heterocycles. The van der Waals surface area contributed by atoms with Gasteiger partial charge in [0.05, 0.1) is 24.0 Å². The van der Waals surface area contributed by atoms with E-state index in [1.54, 1.807) is 18.3 Å². The van der Waals surface area contributed by atoms with Gasteiger partial charge in [-0.15, -0.1) is 0 Å². The first-order chi connectivity index (χ1) is 14.7. The maximum absolute atomic E-state index is 11.5. The quantitative estimate of drug-likeness (QED) is 0.317. The average Bonchev–Trinajstić information content (AvgIpc) is 3.17. The number of anilines is 2. The third-order valence-electron chi connectivity index (χ3n) is 5.19. The smallest absolute Gasteiger partial charge is 0.229 e. The Morgan fingerprint density at radius 1 is 1.13 bits per heavy atom. The zero-order valence-electron chi connectivity index (χ0n) is 17.2. The molecule has 0 radical (unpaired) electrons. The highest BCUT2D eigenvalue weighted by Crippen LogP contribution is 2.44. The van der Waals surface area contributed by atoms with Gasteiger partial charge in [0, 0.05) is 38.1 Å². The SMILES string of the molecule is Cc1[nH]c(C)c([C@@H]2[C@@H](c3ccccn3)NC(=S)N2c2ccc(NS(C)(=O)=O)cc2)c1I. The van der Waals surface area contributed by atoms with Gasteiger partial charge in [-0.05, 0) is 85.1 Å². The largest absolute Gasteiger partial charge is 0.362 e. The third-order valence-corrected chi connectivity index (χ3v) is 7.50. The summed E-state index contributed by atoms with van der Waals surface area (Å²) >= 11 is 8.13. The average molecular weight is 567 g/mol. The van der Waals surface area contributed by atoms with E-state index in [1.807, 2.05) is 30.3 Å². The van der Waals surface area contributed by atoms with Crippen molar-refractivity contribution in [2.75, 3.05) is 15.9 Å². The number of nitrogens with one attached hydrogen (secondary N) is 3. The lowest BCUT2D eigenvalue weighted by atomic mass is 9.96. The van der Waals surface area contributed by atoms with Crippen molar-refractivity contribution in [2.45, 2.75) is 25.9 Å². The molecule has 3 N–H and O–H groups in total. The highest BCUT2D eigenvalue weighted by molar-refractivity contribution is 14.1. The van der Waals surface area contributed by atoms with E-state index in [1.165, 1.54) is 5.56 Å². The van der Waals surface area contributed by atoms with E-state index in [-0.39, 0.29) is 12.1 Å². The van der Waals surface area contributed by atoms with Gasteiger partial charge in [0.1, 0.15) is 0 Å². The summed E-state index contributed by atoms with van der Waals surface area (Å²) in [4.78, 5) is 10.1. The van der Waals surface area contributed by atoms with Crippen molar-refractivity contribution < 1.29 is 8.42 Å². The Hall–Kier alpha value is -2.18. The number of aryl methyl sites for hydroxylation is 2. The summed E-state index contributed by atoms with van der Waals surface area (Å²) in [6, 6.07) is 12.8. The van der Waals surface area contributed by atoms with E-state index in [0.29, 0.717) is 10.8 Å². The lowest BCUT2D eigenvalue weighted by molar-refractivity contribution is 0.564. The van der Waals surface area contributed by atoms with Crippen LogP contribution in [0.3, 0.4) is 0 Å². The van der Waals surface area contributed by atoms with Crippen molar-refractivity contribution >= 4 is 61.3 Å². The Kier molecular flexibility index (Phi) is 5.97. The Morgan fingerprint density at radius 2 is 1.84 bits per heavy atom. The van der Waals surface area contributed by atoms with Crippen LogP contribution >= 0.6 is 34.8 Å².